The number of carbonyl (C=O) groups is 1. The lowest BCUT2D eigenvalue weighted by Crippen LogP contribution is -2.60. The molecule has 1 aliphatic heterocycles. The summed E-state index contributed by atoms with van der Waals surface area (Å²) in [5, 5.41) is 29.5. The highest BCUT2D eigenvalue weighted by atomic mass is 16.6. The monoisotopic (exact) mass is 544 g/mol. The second kappa shape index (κ2) is 10.1. The summed E-state index contributed by atoms with van der Waals surface area (Å²) in [4.78, 5) is 13.5. The average molecular weight is 545 g/mol. The molecular weight excluding hydrogens is 492 g/mol. The van der Waals surface area contributed by atoms with Crippen LogP contribution in [0.1, 0.15) is 98.3 Å². The molecule has 0 amide bonds. The zero-order valence-corrected chi connectivity index (χ0v) is 24.6. The van der Waals surface area contributed by atoms with Crippen molar-refractivity contribution in [2.45, 2.75) is 117 Å². The molecule has 13 atom stereocenters. The Balaban J connectivity index is 1.27. The second-order valence-electron chi connectivity index (χ2n) is 15.1. The van der Waals surface area contributed by atoms with Gasteiger partial charge in [0.2, 0.25) is 0 Å². The lowest BCUT2D eigenvalue weighted by atomic mass is 9.38. The maximum atomic E-state index is 13.5. The van der Waals surface area contributed by atoms with Gasteiger partial charge in [0.05, 0.1) is 18.1 Å². The number of esters is 1. The molecule has 6 aliphatic rings. The molecule has 4 saturated carbocycles. The number of rotatable bonds is 4. The first-order valence-electron chi connectivity index (χ1n) is 16.0. The van der Waals surface area contributed by atoms with Gasteiger partial charge in [-0.3, -0.25) is 4.79 Å². The van der Waals surface area contributed by atoms with Crippen LogP contribution in [0.15, 0.2) is 11.6 Å². The summed E-state index contributed by atoms with van der Waals surface area (Å²) < 4.78 is 11.5. The molecule has 0 radical (unpaired) electrons. The van der Waals surface area contributed by atoms with Crippen LogP contribution in [0, 0.1) is 57.7 Å². The van der Waals surface area contributed by atoms with Crippen LogP contribution in [-0.2, 0) is 14.3 Å². The molecule has 0 aromatic heterocycles. The summed E-state index contributed by atoms with van der Waals surface area (Å²) >= 11 is 0. The lowest BCUT2D eigenvalue weighted by molar-refractivity contribution is -0.180. The fourth-order valence-electron chi connectivity index (χ4n) is 11.5. The number of carbonyl (C=O) groups excluding carboxylic acids is 1. The van der Waals surface area contributed by atoms with E-state index in [4.69, 9.17) is 9.47 Å². The minimum absolute atomic E-state index is 0.0361. The van der Waals surface area contributed by atoms with E-state index in [0.29, 0.717) is 41.9 Å². The first-order valence-corrected chi connectivity index (χ1v) is 16.0. The third-order valence-electron chi connectivity index (χ3n) is 13.5. The van der Waals surface area contributed by atoms with Gasteiger partial charge in [-0.05, 0) is 116 Å². The highest BCUT2D eigenvalue weighted by molar-refractivity contribution is 5.78. The normalized spacial score (nSPS) is 53.1. The summed E-state index contributed by atoms with van der Waals surface area (Å²) in [6.45, 7) is 9.92. The van der Waals surface area contributed by atoms with E-state index in [9.17, 15) is 20.1 Å². The van der Waals surface area contributed by atoms with Gasteiger partial charge in [-0.1, -0.05) is 39.3 Å². The van der Waals surface area contributed by atoms with Gasteiger partial charge in [-0.15, -0.1) is 0 Å². The molecule has 0 aromatic rings. The highest BCUT2D eigenvalue weighted by Gasteiger charge is 2.64. The summed E-state index contributed by atoms with van der Waals surface area (Å²) in [7, 11) is 0. The maximum absolute atomic E-state index is 13.5. The lowest BCUT2D eigenvalue weighted by Gasteiger charge is -2.66. The first kappa shape index (κ1) is 28.2. The van der Waals surface area contributed by atoms with Crippen molar-refractivity contribution in [3.8, 4) is 0 Å². The molecule has 5 fully saturated rings. The molecule has 1 heterocycles. The summed E-state index contributed by atoms with van der Waals surface area (Å²) in [6, 6.07) is 0. The summed E-state index contributed by atoms with van der Waals surface area (Å²) in [6.07, 6.45) is 12.2. The Morgan fingerprint density at radius 2 is 1.74 bits per heavy atom. The minimum atomic E-state index is -1.03. The van der Waals surface area contributed by atoms with Gasteiger partial charge in [-0.2, -0.15) is 0 Å². The van der Waals surface area contributed by atoms with Crippen LogP contribution in [0.2, 0.25) is 0 Å². The number of hydrogen-bond acceptors (Lipinski definition) is 6. The van der Waals surface area contributed by atoms with Crippen LogP contribution in [0.3, 0.4) is 0 Å². The number of hydrogen-bond donors (Lipinski definition) is 3. The Labute approximate surface area is 234 Å². The van der Waals surface area contributed by atoms with Crippen LogP contribution in [0.5, 0.6) is 0 Å². The molecule has 0 spiro atoms. The minimum Gasteiger partial charge on any atom is -0.463 e. The van der Waals surface area contributed by atoms with E-state index in [1.807, 2.05) is 0 Å². The third kappa shape index (κ3) is 4.20. The predicted octanol–water partition coefficient (Wildman–Crippen LogP) is 5.24. The molecule has 0 aromatic carbocycles. The SMILES string of the molecule is CC1CCC2(C(=O)OCCO)CCC3C(=CCC4C3(C)CCC3C(C)C(C5CC(O)C(O)O5)CCC34C)C2C1. The van der Waals surface area contributed by atoms with E-state index >= 15 is 0 Å². The van der Waals surface area contributed by atoms with E-state index in [1.165, 1.54) is 19.3 Å². The summed E-state index contributed by atoms with van der Waals surface area (Å²) in [5.74, 6) is 3.56. The zero-order valence-electron chi connectivity index (χ0n) is 24.6. The van der Waals surface area contributed by atoms with Crippen LogP contribution < -0.4 is 0 Å². The summed E-state index contributed by atoms with van der Waals surface area (Å²) in [5.41, 5.74) is 1.69. The number of aliphatic hydroxyl groups excluding tert-OH is 3. The van der Waals surface area contributed by atoms with E-state index in [-0.39, 0.29) is 42.0 Å². The number of aliphatic hydroxyl groups is 3. The Morgan fingerprint density at radius 1 is 1.00 bits per heavy atom. The largest absolute Gasteiger partial charge is 0.463 e. The van der Waals surface area contributed by atoms with Crippen molar-refractivity contribution >= 4 is 5.97 Å². The Bertz CT molecular complexity index is 969. The van der Waals surface area contributed by atoms with Gasteiger partial charge < -0.3 is 24.8 Å². The number of ether oxygens (including phenoxy) is 2. The molecule has 0 bridgehead atoms. The van der Waals surface area contributed by atoms with Gasteiger partial charge in [-0.25, -0.2) is 0 Å². The smallest absolute Gasteiger partial charge is 0.312 e. The Kier molecular flexibility index (Phi) is 7.30. The fraction of sp³-hybridized carbons (Fsp3) is 0.909. The van der Waals surface area contributed by atoms with Gasteiger partial charge in [0.15, 0.2) is 6.29 Å². The van der Waals surface area contributed by atoms with Crippen molar-refractivity contribution < 1.29 is 29.6 Å². The van der Waals surface area contributed by atoms with Crippen LogP contribution >= 0.6 is 0 Å². The van der Waals surface area contributed by atoms with E-state index < -0.39 is 17.8 Å². The quantitative estimate of drug-likeness (QED) is 0.331. The molecule has 6 rings (SSSR count). The maximum Gasteiger partial charge on any atom is 0.312 e. The number of fused-ring (bicyclic) bond motifs is 7. The molecule has 3 N–H and O–H groups in total. The van der Waals surface area contributed by atoms with Crippen molar-refractivity contribution in [1.82, 2.24) is 0 Å². The molecule has 39 heavy (non-hydrogen) atoms. The Hall–Kier alpha value is -0.950. The van der Waals surface area contributed by atoms with Crippen molar-refractivity contribution in [2.75, 3.05) is 13.2 Å². The molecule has 220 valence electrons. The molecule has 6 nitrogen and oxygen atoms in total. The van der Waals surface area contributed by atoms with Crippen molar-refractivity contribution in [3.63, 3.8) is 0 Å². The van der Waals surface area contributed by atoms with Crippen molar-refractivity contribution in [1.29, 1.82) is 0 Å². The fourth-order valence-corrected chi connectivity index (χ4v) is 11.5. The van der Waals surface area contributed by atoms with Crippen LogP contribution in [0.4, 0.5) is 0 Å². The Morgan fingerprint density at radius 3 is 2.46 bits per heavy atom. The molecule has 13 unspecified atom stereocenters. The van der Waals surface area contributed by atoms with E-state index in [0.717, 1.165) is 44.9 Å². The predicted molar refractivity (Wildman–Crippen MR) is 148 cm³/mol. The van der Waals surface area contributed by atoms with Crippen molar-refractivity contribution in [3.05, 3.63) is 11.6 Å². The molecule has 5 aliphatic carbocycles. The van der Waals surface area contributed by atoms with Crippen molar-refractivity contribution in [2.24, 2.45) is 57.7 Å². The zero-order chi connectivity index (χ0) is 27.7. The first-order chi connectivity index (χ1) is 18.5. The second-order valence-corrected chi connectivity index (χ2v) is 15.1. The standard InChI is InChI=1S/C33H52O6/c1-19-7-13-33(30(37)38-16-15-34)14-10-24-22(25(33)17-19)5-6-28-31(3)11-8-21(27-18-26(35)29(36)39-27)20(2)23(31)9-12-32(24,28)4/h5,19-21,23-29,34-36H,6-18H2,1-4H3. The third-order valence-corrected chi connectivity index (χ3v) is 13.5. The van der Waals surface area contributed by atoms with Crippen LogP contribution in [0.25, 0.3) is 0 Å². The van der Waals surface area contributed by atoms with Gasteiger partial charge in [0, 0.05) is 6.42 Å². The molecule has 6 heteroatoms. The van der Waals surface area contributed by atoms with Gasteiger partial charge in [0.1, 0.15) is 12.7 Å². The number of allylic oxidation sites excluding steroid dienone is 2. The highest BCUT2D eigenvalue weighted by Crippen LogP contribution is 2.71. The topological polar surface area (TPSA) is 96.2 Å². The molecular formula is C33H52O6. The van der Waals surface area contributed by atoms with Crippen LogP contribution in [-0.4, -0.2) is 53.0 Å². The van der Waals surface area contributed by atoms with Gasteiger partial charge >= 0.3 is 5.97 Å². The van der Waals surface area contributed by atoms with Gasteiger partial charge in [0.25, 0.3) is 0 Å². The van der Waals surface area contributed by atoms with E-state index in [2.05, 4.69) is 33.8 Å². The average Bonchev–Trinajstić information content (AvgIpc) is 3.24. The molecule has 1 saturated heterocycles. The van der Waals surface area contributed by atoms with E-state index in [1.54, 1.807) is 5.57 Å².